The maximum Gasteiger partial charge on any atom is 0.0958 e. The Bertz CT molecular complexity index is 523. The Morgan fingerprint density at radius 1 is 1.47 bits per heavy atom. The second kappa shape index (κ2) is 5.12. The average molecular weight is 230 g/mol. The molecule has 17 heavy (non-hydrogen) atoms. The lowest BCUT2D eigenvalue weighted by molar-refractivity contribution is 0.534. The van der Waals surface area contributed by atoms with E-state index in [1.54, 1.807) is 0 Å². The molecule has 1 atom stereocenters. The number of imidazole rings is 1. The van der Waals surface area contributed by atoms with Crippen molar-refractivity contribution >= 4 is 11.0 Å². The Balaban J connectivity index is 2.25. The molecule has 0 bridgehead atoms. The molecular formula is C13H18N4. The van der Waals surface area contributed by atoms with E-state index in [1.807, 2.05) is 24.5 Å². The van der Waals surface area contributed by atoms with E-state index >= 15 is 0 Å². The highest BCUT2D eigenvalue weighted by atomic mass is 15.2. The number of benzene rings is 1. The molecular weight excluding hydrogens is 212 g/mol. The van der Waals surface area contributed by atoms with Gasteiger partial charge in [0.25, 0.3) is 0 Å². The first kappa shape index (κ1) is 11.8. The molecule has 2 aromatic rings. The molecule has 0 aliphatic rings. The minimum absolute atomic E-state index is 0.123. The largest absolute Gasteiger partial charge is 0.329 e. The molecule has 0 amide bonds. The van der Waals surface area contributed by atoms with Crippen LogP contribution in [-0.4, -0.2) is 15.6 Å². The highest BCUT2D eigenvalue weighted by Gasteiger charge is 2.07. The summed E-state index contributed by atoms with van der Waals surface area (Å²) in [6, 6.07) is 8.22. The fourth-order valence-electron chi connectivity index (χ4n) is 1.92. The second-order valence-electron chi connectivity index (χ2n) is 4.40. The highest BCUT2D eigenvalue weighted by Crippen LogP contribution is 2.12. The Kier molecular flexibility index (Phi) is 3.56. The van der Waals surface area contributed by atoms with Gasteiger partial charge in [0, 0.05) is 6.54 Å². The maximum absolute atomic E-state index is 5.55. The number of hydrogen-bond donors (Lipinski definition) is 2. The van der Waals surface area contributed by atoms with Crippen LogP contribution in [0, 0.1) is 0 Å². The zero-order valence-electron chi connectivity index (χ0n) is 10.2. The van der Waals surface area contributed by atoms with E-state index in [1.165, 1.54) is 5.57 Å². The number of hydrogen-bond acceptors (Lipinski definition) is 3. The second-order valence-corrected chi connectivity index (χ2v) is 4.40. The van der Waals surface area contributed by atoms with E-state index in [0.717, 1.165) is 17.6 Å². The molecule has 3 N–H and O–H groups in total. The molecule has 1 heterocycles. The van der Waals surface area contributed by atoms with Crippen molar-refractivity contribution in [3.05, 3.63) is 42.2 Å². The van der Waals surface area contributed by atoms with Crippen molar-refractivity contribution < 1.29 is 0 Å². The zero-order chi connectivity index (χ0) is 12.3. The molecule has 1 aromatic carbocycles. The quantitative estimate of drug-likeness (QED) is 0.478. The van der Waals surface area contributed by atoms with E-state index in [2.05, 4.69) is 41.0 Å². The van der Waals surface area contributed by atoms with Crippen molar-refractivity contribution in [2.75, 3.05) is 0 Å². The van der Waals surface area contributed by atoms with Crippen LogP contribution in [0.3, 0.4) is 0 Å². The molecule has 0 spiro atoms. The first-order valence-electron chi connectivity index (χ1n) is 5.71. The number of allylic oxidation sites excluding steroid dienone is 1. The van der Waals surface area contributed by atoms with Gasteiger partial charge in [-0.1, -0.05) is 23.8 Å². The van der Waals surface area contributed by atoms with Gasteiger partial charge in [0.2, 0.25) is 0 Å². The summed E-state index contributed by atoms with van der Waals surface area (Å²) in [7, 11) is 0. The van der Waals surface area contributed by atoms with E-state index < -0.39 is 0 Å². The van der Waals surface area contributed by atoms with Gasteiger partial charge in [0.1, 0.15) is 0 Å². The summed E-state index contributed by atoms with van der Waals surface area (Å²) >= 11 is 0. The van der Waals surface area contributed by atoms with Gasteiger partial charge in [-0.15, -0.1) is 0 Å². The molecule has 0 aliphatic carbocycles. The predicted molar refractivity (Wildman–Crippen MR) is 70.3 cm³/mol. The third-order valence-electron chi connectivity index (χ3n) is 2.67. The zero-order valence-corrected chi connectivity index (χ0v) is 10.2. The molecule has 1 unspecified atom stereocenters. The first-order valence-corrected chi connectivity index (χ1v) is 5.71. The fraction of sp³-hybridized carbons (Fsp3) is 0.308. The minimum Gasteiger partial charge on any atom is -0.329 e. The molecule has 4 nitrogen and oxygen atoms in total. The van der Waals surface area contributed by atoms with Crippen molar-refractivity contribution in [1.29, 1.82) is 0 Å². The summed E-state index contributed by atoms with van der Waals surface area (Å²) in [5, 5.41) is 0. The number of fused-ring (bicyclic) bond motifs is 1. The minimum atomic E-state index is 0.123. The number of rotatable bonds is 4. The standard InChI is InChI=1S/C13H18N4/c1-10(2)7-11(16-14)8-17-9-15-12-5-3-4-6-13(12)17/h3-7,9,11,16H,8,14H2,1-2H3. The van der Waals surface area contributed by atoms with Crippen molar-refractivity contribution in [2.45, 2.75) is 26.4 Å². The summed E-state index contributed by atoms with van der Waals surface area (Å²) in [6.07, 6.45) is 3.97. The van der Waals surface area contributed by atoms with Gasteiger partial charge in [-0.2, -0.15) is 0 Å². The lowest BCUT2D eigenvalue weighted by atomic mass is 10.2. The van der Waals surface area contributed by atoms with Crippen LogP contribution in [0.25, 0.3) is 11.0 Å². The van der Waals surface area contributed by atoms with E-state index in [4.69, 9.17) is 5.84 Å². The smallest absolute Gasteiger partial charge is 0.0958 e. The number of nitrogens with one attached hydrogen (secondary N) is 1. The van der Waals surface area contributed by atoms with Crippen molar-refractivity contribution in [3.63, 3.8) is 0 Å². The topological polar surface area (TPSA) is 55.9 Å². The van der Waals surface area contributed by atoms with Crippen molar-refractivity contribution in [3.8, 4) is 0 Å². The summed E-state index contributed by atoms with van der Waals surface area (Å²) in [5.41, 5.74) is 6.21. The van der Waals surface area contributed by atoms with Crippen LogP contribution in [0.4, 0.5) is 0 Å². The Hall–Kier alpha value is -1.65. The summed E-state index contributed by atoms with van der Waals surface area (Å²) in [5.74, 6) is 5.55. The van der Waals surface area contributed by atoms with Crippen LogP contribution in [-0.2, 0) is 6.54 Å². The third kappa shape index (κ3) is 2.72. The van der Waals surface area contributed by atoms with Crippen molar-refractivity contribution in [1.82, 2.24) is 15.0 Å². The molecule has 0 saturated heterocycles. The molecule has 0 saturated carbocycles. The van der Waals surface area contributed by atoms with Crippen LogP contribution in [0.5, 0.6) is 0 Å². The molecule has 4 heteroatoms. The number of hydrazine groups is 1. The van der Waals surface area contributed by atoms with Gasteiger partial charge in [0.15, 0.2) is 0 Å². The third-order valence-corrected chi connectivity index (χ3v) is 2.67. The van der Waals surface area contributed by atoms with E-state index in [0.29, 0.717) is 0 Å². The van der Waals surface area contributed by atoms with Gasteiger partial charge >= 0.3 is 0 Å². The van der Waals surface area contributed by atoms with Crippen LogP contribution >= 0.6 is 0 Å². The van der Waals surface area contributed by atoms with Crippen LogP contribution in [0.15, 0.2) is 42.2 Å². The van der Waals surface area contributed by atoms with Gasteiger partial charge in [-0.05, 0) is 26.0 Å². The normalized spacial score (nSPS) is 12.6. The monoisotopic (exact) mass is 230 g/mol. The average Bonchev–Trinajstić information content (AvgIpc) is 2.71. The first-order chi connectivity index (χ1) is 8.20. The summed E-state index contributed by atoms with van der Waals surface area (Å²) < 4.78 is 2.11. The molecule has 0 fully saturated rings. The number of nitrogens with two attached hydrogens (primary N) is 1. The fourth-order valence-corrected chi connectivity index (χ4v) is 1.92. The molecule has 90 valence electrons. The Morgan fingerprint density at radius 3 is 2.94 bits per heavy atom. The van der Waals surface area contributed by atoms with Gasteiger partial charge in [0.05, 0.1) is 23.4 Å². The van der Waals surface area contributed by atoms with Gasteiger partial charge in [-0.25, -0.2) is 4.98 Å². The van der Waals surface area contributed by atoms with Crippen molar-refractivity contribution in [2.24, 2.45) is 5.84 Å². The number of nitrogens with zero attached hydrogens (tertiary/aromatic N) is 2. The van der Waals surface area contributed by atoms with E-state index in [9.17, 15) is 0 Å². The van der Waals surface area contributed by atoms with Gasteiger partial charge in [-0.3, -0.25) is 11.3 Å². The highest BCUT2D eigenvalue weighted by molar-refractivity contribution is 5.74. The SMILES string of the molecule is CC(C)=CC(Cn1cnc2ccccc21)NN. The molecule has 1 aromatic heterocycles. The van der Waals surface area contributed by atoms with Crippen LogP contribution in [0.2, 0.25) is 0 Å². The Morgan fingerprint density at radius 2 is 2.24 bits per heavy atom. The summed E-state index contributed by atoms with van der Waals surface area (Å²) in [6.45, 7) is 4.91. The molecule has 2 rings (SSSR count). The number of para-hydroxylation sites is 2. The molecule has 0 aliphatic heterocycles. The number of aromatic nitrogens is 2. The van der Waals surface area contributed by atoms with E-state index in [-0.39, 0.29) is 6.04 Å². The Labute approximate surface area is 101 Å². The maximum atomic E-state index is 5.55. The predicted octanol–water partition coefficient (Wildman–Crippen LogP) is 1.83. The van der Waals surface area contributed by atoms with Crippen LogP contribution < -0.4 is 11.3 Å². The lowest BCUT2D eigenvalue weighted by Gasteiger charge is -2.13. The summed E-state index contributed by atoms with van der Waals surface area (Å²) in [4.78, 5) is 4.36. The van der Waals surface area contributed by atoms with Crippen LogP contribution in [0.1, 0.15) is 13.8 Å². The lowest BCUT2D eigenvalue weighted by Crippen LogP contribution is -2.36. The molecule has 0 radical (unpaired) electrons. The van der Waals surface area contributed by atoms with Gasteiger partial charge < -0.3 is 4.57 Å².